The van der Waals surface area contributed by atoms with E-state index in [-0.39, 0.29) is 0 Å². The van der Waals surface area contributed by atoms with Crippen molar-refractivity contribution in [2.24, 2.45) is 5.73 Å². The molecule has 1 aromatic rings. The third kappa shape index (κ3) is 2.97. The van der Waals surface area contributed by atoms with E-state index < -0.39 is 0 Å². The lowest BCUT2D eigenvalue weighted by molar-refractivity contribution is 0.968. The predicted octanol–water partition coefficient (Wildman–Crippen LogP) is 2.45. The molecule has 0 aromatic heterocycles. The second-order valence-electron chi connectivity index (χ2n) is 2.32. The number of nitrogens with two attached hydrogens (primary N) is 1. The first-order valence-electron chi connectivity index (χ1n) is 3.37. The van der Waals surface area contributed by atoms with E-state index in [1.165, 1.54) is 9.13 Å². The molecule has 0 aliphatic heterocycles. The van der Waals surface area contributed by atoms with Gasteiger partial charge in [0.15, 0.2) is 0 Å². The van der Waals surface area contributed by atoms with Crippen LogP contribution in [0.25, 0.3) is 0 Å². The SMILES string of the molecule is NCCc1cc(Cl)cc(I)c1. The van der Waals surface area contributed by atoms with Crippen LogP contribution in [-0.2, 0) is 6.42 Å². The summed E-state index contributed by atoms with van der Waals surface area (Å²) < 4.78 is 1.17. The van der Waals surface area contributed by atoms with E-state index in [1.807, 2.05) is 12.1 Å². The molecule has 0 amide bonds. The lowest BCUT2D eigenvalue weighted by Crippen LogP contribution is -2.02. The van der Waals surface area contributed by atoms with E-state index in [1.54, 1.807) is 0 Å². The summed E-state index contributed by atoms with van der Waals surface area (Å²) in [5.41, 5.74) is 6.63. The van der Waals surface area contributed by atoms with Gasteiger partial charge in [-0.05, 0) is 59.3 Å². The van der Waals surface area contributed by atoms with Crippen LogP contribution in [0.2, 0.25) is 5.02 Å². The van der Waals surface area contributed by atoms with Crippen LogP contribution in [0.5, 0.6) is 0 Å². The number of benzene rings is 1. The molecule has 0 saturated carbocycles. The van der Waals surface area contributed by atoms with Crippen molar-refractivity contribution in [3.05, 3.63) is 32.4 Å². The lowest BCUT2D eigenvalue weighted by atomic mass is 10.2. The Kier molecular flexibility index (Phi) is 3.62. The van der Waals surface area contributed by atoms with E-state index in [4.69, 9.17) is 17.3 Å². The molecule has 1 aromatic carbocycles. The average Bonchev–Trinajstić information content (AvgIpc) is 1.85. The minimum Gasteiger partial charge on any atom is -0.330 e. The van der Waals surface area contributed by atoms with Gasteiger partial charge < -0.3 is 5.73 Å². The first-order valence-corrected chi connectivity index (χ1v) is 4.83. The number of hydrogen-bond acceptors (Lipinski definition) is 1. The fourth-order valence-corrected chi connectivity index (χ4v) is 2.10. The fourth-order valence-electron chi connectivity index (χ4n) is 0.922. The second-order valence-corrected chi connectivity index (χ2v) is 4.00. The monoisotopic (exact) mass is 281 g/mol. The molecule has 0 radical (unpaired) electrons. The molecular formula is C8H9ClIN. The molecule has 0 bridgehead atoms. The van der Waals surface area contributed by atoms with Gasteiger partial charge in [-0.3, -0.25) is 0 Å². The van der Waals surface area contributed by atoms with Crippen LogP contribution in [0.1, 0.15) is 5.56 Å². The van der Waals surface area contributed by atoms with Gasteiger partial charge in [0.1, 0.15) is 0 Å². The molecule has 3 heteroatoms. The Bertz CT molecular complexity index is 230. The molecule has 1 nitrogen and oxygen atoms in total. The van der Waals surface area contributed by atoms with E-state index in [0.717, 1.165) is 11.4 Å². The van der Waals surface area contributed by atoms with E-state index in [9.17, 15) is 0 Å². The Morgan fingerprint density at radius 3 is 2.64 bits per heavy atom. The highest BCUT2D eigenvalue weighted by Gasteiger charge is 1.95. The van der Waals surface area contributed by atoms with Gasteiger partial charge in [-0.2, -0.15) is 0 Å². The van der Waals surface area contributed by atoms with E-state index in [0.29, 0.717) is 6.54 Å². The molecule has 0 aliphatic rings. The van der Waals surface area contributed by atoms with Crippen LogP contribution in [0, 0.1) is 3.57 Å². The average molecular weight is 282 g/mol. The molecular weight excluding hydrogens is 272 g/mol. The van der Waals surface area contributed by atoms with Gasteiger partial charge in [0, 0.05) is 8.59 Å². The van der Waals surface area contributed by atoms with Gasteiger partial charge in [-0.15, -0.1) is 0 Å². The number of hydrogen-bond donors (Lipinski definition) is 1. The normalized spacial score (nSPS) is 10.1. The molecule has 2 N–H and O–H groups in total. The molecule has 1 rings (SSSR count). The summed E-state index contributed by atoms with van der Waals surface area (Å²) in [7, 11) is 0. The van der Waals surface area contributed by atoms with Gasteiger partial charge in [0.2, 0.25) is 0 Å². The first kappa shape index (κ1) is 9.29. The summed E-state index contributed by atoms with van der Waals surface area (Å²) in [6.45, 7) is 0.677. The van der Waals surface area contributed by atoms with Crippen molar-refractivity contribution >= 4 is 34.2 Å². The predicted molar refractivity (Wildman–Crippen MR) is 56.9 cm³/mol. The van der Waals surface area contributed by atoms with E-state index in [2.05, 4.69) is 28.7 Å². The van der Waals surface area contributed by atoms with Crippen LogP contribution in [0.3, 0.4) is 0 Å². The largest absolute Gasteiger partial charge is 0.330 e. The third-order valence-corrected chi connectivity index (χ3v) is 2.20. The Morgan fingerprint density at radius 2 is 2.09 bits per heavy atom. The molecule has 60 valence electrons. The van der Waals surface area contributed by atoms with Gasteiger partial charge in [-0.25, -0.2) is 0 Å². The van der Waals surface area contributed by atoms with Gasteiger partial charge >= 0.3 is 0 Å². The van der Waals surface area contributed by atoms with Crippen molar-refractivity contribution in [2.45, 2.75) is 6.42 Å². The van der Waals surface area contributed by atoms with Crippen LogP contribution >= 0.6 is 34.2 Å². The van der Waals surface area contributed by atoms with Crippen molar-refractivity contribution in [1.82, 2.24) is 0 Å². The highest BCUT2D eigenvalue weighted by Crippen LogP contribution is 2.16. The standard InChI is InChI=1S/C8H9ClIN/c9-7-3-6(1-2-11)4-8(10)5-7/h3-5H,1-2,11H2. The van der Waals surface area contributed by atoms with Crippen LogP contribution in [-0.4, -0.2) is 6.54 Å². The Hall–Kier alpha value is 0.200. The quantitative estimate of drug-likeness (QED) is 0.828. The minimum atomic E-state index is 0.677. The molecule has 0 atom stereocenters. The van der Waals surface area contributed by atoms with Crippen molar-refractivity contribution in [3.63, 3.8) is 0 Å². The summed E-state index contributed by atoms with van der Waals surface area (Å²) in [6.07, 6.45) is 0.899. The Labute approximate surface area is 85.1 Å². The fraction of sp³-hybridized carbons (Fsp3) is 0.250. The summed E-state index contributed by atoms with van der Waals surface area (Å²) in [5, 5.41) is 0.792. The van der Waals surface area contributed by atoms with Gasteiger partial charge in [0.05, 0.1) is 0 Å². The molecule has 0 unspecified atom stereocenters. The summed E-state index contributed by atoms with van der Waals surface area (Å²) in [6, 6.07) is 5.98. The third-order valence-electron chi connectivity index (χ3n) is 1.36. The van der Waals surface area contributed by atoms with Crippen molar-refractivity contribution in [2.75, 3.05) is 6.54 Å². The van der Waals surface area contributed by atoms with E-state index >= 15 is 0 Å². The summed E-state index contributed by atoms with van der Waals surface area (Å²) in [5.74, 6) is 0. The Balaban J connectivity index is 2.89. The maximum atomic E-state index is 5.84. The number of rotatable bonds is 2. The molecule has 0 saturated heterocycles. The lowest BCUT2D eigenvalue weighted by Gasteiger charge is -1.99. The molecule has 0 spiro atoms. The van der Waals surface area contributed by atoms with Gasteiger partial charge in [-0.1, -0.05) is 11.6 Å². The zero-order valence-electron chi connectivity index (χ0n) is 5.98. The highest BCUT2D eigenvalue weighted by molar-refractivity contribution is 14.1. The summed E-state index contributed by atoms with van der Waals surface area (Å²) >= 11 is 8.09. The van der Waals surface area contributed by atoms with Crippen LogP contribution < -0.4 is 5.73 Å². The topological polar surface area (TPSA) is 26.0 Å². The van der Waals surface area contributed by atoms with Gasteiger partial charge in [0.25, 0.3) is 0 Å². The van der Waals surface area contributed by atoms with Crippen LogP contribution in [0.4, 0.5) is 0 Å². The molecule has 0 aliphatic carbocycles. The summed E-state index contributed by atoms with van der Waals surface area (Å²) in [4.78, 5) is 0. The first-order chi connectivity index (χ1) is 5.22. The second kappa shape index (κ2) is 4.28. The van der Waals surface area contributed by atoms with Crippen molar-refractivity contribution in [1.29, 1.82) is 0 Å². The smallest absolute Gasteiger partial charge is 0.0419 e. The zero-order valence-corrected chi connectivity index (χ0v) is 8.89. The minimum absolute atomic E-state index is 0.677. The van der Waals surface area contributed by atoms with Crippen molar-refractivity contribution in [3.8, 4) is 0 Å². The van der Waals surface area contributed by atoms with Crippen molar-refractivity contribution < 1.29 is 0 Å². The maximum absolute atomic E-state index is 5.84. The van der Waals surface area contributed by atoms with Crippen LogP contribution in [0.15, 0.2) is 18.2 Å². The Morgan fingerprint density at radius 1 is 1.36 bits per heavy atom. The molecule has 11 heavy (non-hydrogen) atoms. The molecule has 0 heterocycles. The molecule has 0 fully saturated rings. The zero-order chi connectivity index (χ0) is 8.27. The highest BCUT2D eigenvalue weighted by atomic mass is 127. The number of halogens is 2. The maximum Gasteiger partial charge on any atom is 0.0419 e.